The van der Waals surface area contributed by atoms with Gasteiger partial charge in [0.05, 0.1) is 17.6 Å². The molecule has 26 heavy (non-hydrogen) atoms. The zero-order valence-corrected chi connectivity index (χ0v) is 15.1. The molecule has 1 aliphatic heterocycles. The van der Waals surface area contributed by atoms with Crippen molar-refractivity contribution in [3.63, 3.8) is 0 Å². The van der Waals surface area contributed by atoms with Gasteiger partial charge in [0, 0.05) is 24.6 Å². The fraction of sp³-hybridized carbons (Fsp3) is 0.273. The molecule has 1 aliphatic rings. The number of nitrogens with zero attached hydrogens (tertiary/aromatic N) is 3. The average molecular weight is 343 g/mol. The number of amides is 1. The molecular formula is C22H21N3O. The van der Waals surface area contributed by atoms with Gasteiger partial charge < -0.3 is 9.47 Å². The van der Waals surface area contributed by atoms with Gasteiger partial charge >= 0.3 is 0 Å². The molecule has 4 heteroatoms. The summed E-state index contributed by atoms with van der Waals surface area (Å²) in [6, 6.07) is 14.1. The first-order chi connectivity index (χ1) is 12.6. The van der Waals surface area contributed by atoms with Crippen LogP contribution in [0.2, 0.25) is 0 Å². The number of carbonyl (C=O) groups excluding carboxylic acids is 1. The van der Waals surface area contributed by atoms with Crippen LogP contribution in [0.1, 0.15) is 29.3 Å². The number of aryl methyl sites for hydroxylation is 1. The molecule has 0 radical (unpaired) electrons. The van der Waals surface area contributed by atoms with Gasteiger partial charge in [-0.2, -0.15) is 0 Å². The fourth-order valence-electron chi connectivity index (χ4n) is 3.80. The molecule has 0 unspecified atom stereocenters. The smallest absolute Gasteiger partial charge is 0.227 e. The molecule has 0 aliphatic carbocycles. The number of imidazole rings is 1. The van der Waals surface area contributed by atoms with E-state index in [0.29, 0.717) is 19.5 Å². The first-order valence-electron chi connectivity index (χ1n) is 8.85. The predicted octanol–water partition coefficient (Wildman–Crippen LogP) is 3.81. The highest BCUT2D eigenvalue weighted by atomic mass is 16.2. The number of fused-ring (bicyclic) bond motifs is 1. The molecule has 2 aromatic carbocycles. The Morgan fingerprint density at radius 2 is 2.00 bits per heavy atom. The van der Waals surface area contributed by atoms with Gasteiger partial charge in [0.25, 0.3) is 0 Å². The number of hydrogen-bond acceptors (Lipinski definition) is 2. The summed E-state index contributed by atoms with van der Waals surface area (Å²) in [5.74, 6) is 3.82. The van der Waals surface area contributed by atoms with Crippen molar-refractivity contribution >= 4 is 22.6 Å². The third-order valence-corrected chi connectivity index (χ3v) is 5.29. The van der Waals surface area contributed by atoms with Crippen molar-refractivity contribution in [2.45, 2.75) is 32.7 Å². The van der Waals surface area contributed by atoms with Crippen LogP contribution >= 0.6 is 0 Å². The van der Waals surface area contributed by atoms with Gasteiger partial charge in [0.1, 0.15) is 5.82 Å². The van der Waals surface area contributed by atoms with Crippen molar-refractivity contribution in [1.29, 1.82) is 0 Å². The number of terminal acetylenes is 1. The third-order valence-electron chi connectivity index (χ3n) is 5.29. The summed E-state index contributed by atoms with van der Waals surface area (Å²) in [5, 5.41) is 0. The van der Waals surface area contributed by atoms with Crippen LogP contribution in [-0.4, -0.2) is 22.0 Å². The molecule has 1 saturated heterocycles. The van der Waals surface area contributed by atoms with E-state index in [1.54, 1.807) is 0 Å². The van der Waals surface area contributed by atoms with Crippen molar-refractivity contribution in [1.82, 2.24) is 9.55 Å². The van der Waals surface area contributed by atoms with Crippen LogP contribution < -0.4 is 4.90 Å². The minimum atomic E-state index is 0.0446. The maximum Gasteiger partial charge on any atom is 0.227 e. The summed E-state index contributed by atoms with van der Waals surface area (Å²) < 4.78 is 2.07. The van der Waals surface area contributed by atoms with Gasteiger partial charge in [-0.1, -0.05) is 30.2 Å². The van der Waals surface area contributed by atoms with Crippen LogP contribution in [0.3, 0.4) is 0 Å². The van der Waals surface area contributed by atoms with Gasteiger partial charge in [-0.05, 0) is 43.2 Å². The monoisotopic (exact) mass is 343 g/mol. The van der Waals surface area contributed by atoms with E-state index < -0.39 is 0 Å². The molecule has 0 spiro atoms. The molecule has 0 bridgehead atoms. The quantitative estimate of drug-likeness (QED) is 0.678. The number of carbonyl (C=O) groups is 1. The SMILES string of the molecule is C#CCn1c([C@H]2CC(=O)N(c3cccc(C)c3C)C2)nc2ccccc21. The zero-order chi connectivity index (χ0) is 18.3. The van der Waals surface area contributed by atoms with Gasteiger partial charge in [0.2, 0.25) is 5.91 Å². The molecule has 1 aromatic heterocycles. The lowest BCUT2D eigenvalue weighted by atomic mass is 10.1. The number of anilines is 1. The molecule has 3 aromatic rings. The molecule has 1 amide bonds. The van der Waals surface area contributed by atoms with E-state index in [4.69, 9.17) is 11.4 Å². The summed E-state index contributed by atoms with van der Waals surface area (Å²) in [6.07, 6.45) is 6.04. The summed E-state index contributed by atoms with van der Waals surface area (Å²) in [6.45, 7) is 5.24. The topological polar surface area (TPSA) is 38.1 Å². The molecule has 0 saturated carbocycles. The Hall–Kier alpha value is -3.06. The first kappa shape index (κ1) is 16.4. The third kappa shape index (κ3) is 2.57. The van der Waals surface area contributed by atoms with Crippen LogP contribution in [0.15, 0.2) is 42.5 Å². The highest BCUT2D eigenvalue weighted by molar-refractivity contribution is 5.97. The second-order valence-corrected chi connectivity index (χ2v) is 6.87. The Kier molecular flexibility index (Phi) is 4.00. The van der Waals surface area contributed by atoms with Crippen LogP contribution in [0.4, 0.5) is 5.69 Å². The molecule has 4 rings (SSSR count). The lowest BCUT2D eigenvalue weighted by Gasteiger charge is -2.20. The summed E-state index contributed by atoms with van der Waals surface area (Å²) in [5.41, 5.74) is 5.29. The normalized spacial score (nSPS) is 17.0. The van der Waals surface area contributed by atoms with E-state index in [1.165, 1.54) is 5.56 Å². The van der Waals surface area contributed by atoms with Crippen molar-refractivity contribution in [3.8, 4) is 12.3 Å². The number of aromatic nitrogens is 2. The van der Waals surface area contributed by atoms with E-state index in [1.807, 2.05) is 41.3 Å². The number of benzene rings is 2. The Morgan fingerprint density at radius 1 is 1.19 bits per heavy atom. The lowest BCUT2D eigenvalue weighted by molar-refractivity contribution is -0.117. The van der Waals surface area contributed by atoms with E-state index >= 15 is 0 Å². The average Bonchev–Trinajstić information content (AvgIpc) is 3.19. The zero-order valence-electron chi connectivity index (χ0n) is 15.1. The molecule has 0 N–H and O–H groups in total. The Labute approximate surface area is 153 Å². The molecule has 1 fully saturated rings. The van der Waals surface area contributed by atoms with Crippen molar-refractivity contribution in [2.75, 3.05) is 11.4 Å². The number of rotatable bonds is 3. The second-order valence-electron chi connectivity index (χ2n) is 6.87. The molecule has 2 heterocycles. The minimum Gasteiger partial charge on any atom is -0.316 e. The second kappa shape index (κ2) is 6.34. The summed E-state index contributed by atoms with van der Waals surface area (Å²) in [7, 11) is 0. The highest BCUT2D eigenvalue weighted by Crippen LogP contribution is 2.35. The maximum atomic E-state index is 12.8. The van der Waals surface area contributed by atoms with Crippen molar-refractivity contribution in [2.24, 2.45) is 0 Å². The van der Waals surface area contributed by atoms with Gasteiger partial charge in [-0.25, -0.2) is 4.98 Å². The maximum absolute atomic E-state index is 12.8. The van der Waals surface area contributed by atoms with Crippen molar-refractivity contribution < 1.29 is 4.79 Å². The van der Waals surface area contributed by atoms with Crippen LogP contribution in [0.25, 0.3) is 11.0 Å². The van der Waals surface area contributed by atoms with Gasteiger partial charge in [-0.15, -0.1) is 6.42 Å². The molecular weight excluding hydrogens is 322 g/mol. The van der Waals surface area contributed by atoms with Gasteiger partial charge in [0.15, 0.2) is 0 Å². The Balaban J connectivity index is 1.74. The summed E-state index contributed by atoms with van der Waals surface area (Å²) >= 11 is 0. The molecule has 1 atom stereocenters. The van der Waals surface area contributed by atoms with Crippen LogP contribution in [0.5, 0.6) is 0 Å². The largest absolute Gasteiger partial charge is 0.316 e. The standard InChI is InChI=1S/C22H21N3O/c1-4-12-24-20-10-6-5-9-18(20)23-22(24)17-13-21(26)25(14-17)19-11-7-8-15(2)16(19)3/h1,5-11,17H,12-14H2,2-3H3/t17-/m0/s1. The van der Waals surface area contributed by atoms with Crippen LogP contribution in [-0.2, 0) is 11.3 Å². The van der Waals surface area contributed by atoms with Crippen molar-refractivity contribution in [3.05, 3.63) is 59.4 Å². The highest BCUT2D eigenvalue weighted by Gasteiger charge is 2.35. The minimum absolute atomic E-state index is 0.0446. The molecule has 130 valence electrons. The Bertz CT molecular complexity index is 1040. The fourth-order valence-corrected chi connectivity index (χ4v) is 3.80. The van der Waals surface area contributed by atoms with E-state index in [2.05, 4.69) is 30.4 Å². The summed E-state index contributed by atoms with van der Waals surface area (Å²) in [4.78, 5) is 19.5. The van der Waals surface area contributed by atoms with Crippen LogP contribution in [0, 0.1) is 26.2 Å². The number of hydrogen-bond donors (Lipinski definition) is 0. The van der Waals surface area contributed by atoms with E-state index in [9.17, 15) is 4.79 Å². The first-order valence-corrected chi connectivity index (χ1v) is 8.85. The van der Waals surface area contributed by atoms with Gasteiger partial charge in [-0.3, -0.25) is 4.79 Å². The lowest BCUT2D eigenvalue weighted by Crippen LogP contribution is -2.25. The van der Waals surface area contributed by atoms with E-state index in [-0.39, 0.29) is 11.8 Å². The molecule has 4 nitrogen and oxygen atoms in total. The van der Waals surface area contributed by atoms with E-state index in [0.717, 1.165) is 28.1 Å². The number of para-hydroxylation sites is 2. The Morgan fingerprint density at radius 3 is 2.81 bits per heavy atom. The predicted molar refractivity (Wildman–Crippen MR) is 104 cm³/mol.